The van der Waals surface area contributed by atoms with E-state index in [-0.39, 0.29) is 66.9 Å². The first-order valence-electron chi connectivity index (χ1n) is 21.0. The first kappa shape index (κ1) is 43.9. The highest BCUT2D eigenvalue weighted by Crippen LogP contribution is 2.62. The van der Waals surface area contributed by atoms with Crippen LogP contribution < -0.4 is 9.47 Å². The van der Waals surface area contributed by atoms with Gasteiger partial charge >= 0.3 is 0 Å². The van der Waals surface area contributed by atoms with Crippen LogP contribution in [0.25, 0.3) is 10.9 Å². The van der Waals surface area contributed by atoms with Crippen molar-refractivity contribution in [1.29, 1.82) is 0 Å². The number of non-ortho nitro benzene ring substituents is 1. The number of nitrogens with zero attached hydrogens (tertiary/aromatic N) is 4. The van der Waals surface area contributed by atoms with Crippen LogP contribution in [0.5, 0.6) is 17.2 Å². The van der Waals surface area contributed by atoms with E-state index in [9.17, 15) is 20.3 Å². The van der Waals surface area contributed by atoms with Gasteiger partial charge in [0.2, 0.25) is 15.8 Å². The van der Waals surface area contributed by atoms with Gasteiger partial charge in [-0.25, -0.2) is 8.42 Å². The lowest BCUT2D eigenvalue weighted by molar-refractivity contribution is -0.384. The molecule has 3 aliphatic rings. The Morgan fingerprint density at radius 1 is 1.03 bits per heavy atom. The fraction of sp³-hybridized carbons (Fsp3) is 0.435. The summed E-state index contributed by atoms with van der Waals surface area (Å²) >= 11 is 0. The van der Waals surface area contributed by atoms with E-state index in [0.717, 1.165) is 30.4 Å². The van der Waals surface area contributed by atoms with Crippen LogP contribution in [-0.2, 0) is 19.6 Å². The number of ether oxygens (including phenoxy) is 3. The minimum Gasteiger partial charge on any atom is -0.460 e. The van der Waals surface area contributed by atoms with Crippen molar-refractivity contribution in [2.24, 2.45) is 22.9 Å². The smallest absolute Gasteiger partial charge is 0.273 e. The molecule has 0 bridgehead atoms. The number of aliphatic hydroxyl groups is 2. The van der Waals surface area contributed by atoms with Crippen LogP contribution in [0.3, 0.4) is 0 Å². The predicted molar refractivity (Wildman–Crippen MR) is 231 cm³/mol. The van der Waals surface area contributed by atoms with Gasteiger partial charge in [-0.1, -0.05) is 61.3 Å². The van der Waals surface area contributed by atoms with Crippen LogP contribution in [0.2, 0.25) is 0 Å². The number of oxime groups is 1. The van der Waals surface area contributed by atoms with Crippen molar-refractivity contribution in [3.8, 4) is 17.2 Å². The van der Waals surface area contributed by atoms with Gasteiger partial charge in [-0.05, 0) is 85.9 Å². The number of fused-ring (bicyclic) bond motifs is 3. The molecule has 1 saturated carbocycles. The molecule has 6 unspecified atom stereocenters. The van der Waals surface area contributed by atoms with Gasteiger partial charge in [0.25, 0.3) is 5.69 Å². The number of nitro benzene ring substituents is 1. The minimum atomic E-state index is -4.30. The second-order valence-corrected chi connectivity index (χ2v) is 17.6. The zero-order valence-electron chi connectivity index (χ0n) is 34.6. The number of hydrogen-bond donors (Lipinski definition) is 2. The van der Waals surface area contributed by atoms with Crippen LogP contribution >= 0.6 is 0 Å². The molecule has 15 heteroatoms. The first-order chi connectivity index (χ1) is 29.6. The molecule has 1 aliphatic heterocycles. The molecule has 3 aromatic carbocycles. The Morgan fingerprint density at radius 3 is 2.52 bits per heavy atom. The Balaban J connectivity index is 1.47. The monoisotopic (exact) mass is 854 g/mol. The minimum absolute atomic E-state index is 0.0123. The molecular weight excluding hydrogens is 801 g/mol. The van der Waals surface area contributed by atoms with Gasteiger partial charge in [0.1, 0.15) is 29.3 Å². The summed E-state index contributed by atoms with van der Waals surface area (Å²) in [5.74, 6) is -1.49. The number of rotatable bonds is 20. The second kappa shape index (κ2) is 19.2. The number of allylic oxidation sites excluding steroid dienone is 1. The lowest BCUT2D eigenvalue weighted by Gasteiger charge is -2.59. The number of nitro groups is 1. The Hall–Kier alpha value is -5.19. The Labute approximate surface area is 356 Å². The van der Waals surface area contributed by atoms with Crippen molar-refractivity contribution >= 4 is 32.3 Å². The van der Waals surface area contributed by atoms with Crippen LogP contribution in [0, 0.1) is 27.9 Å². The van der Waals surface area contributed by atoms with E-state index in [1.54, 1.807) is 54.7 Å². The Kier molecular flexibility index (Phi) is 13.8. The van der Waals surface area contributed by atoms with Gasteiger partial charge in [-0.15, -0.1) is 6.58 Å². The fourth-order valence-electron chi connectivity index (χ4n) is 9.67. The van der Waals surface area contributed by atoms with E-state index in [1.165, 1.54) is 23.5 Å². The maximum Gasteiger partial charge on any atom is 0.273 e. The maximum atomic E-state index is 15.4. The van der Waals surface area contributed by atoms with Crippen molar-refractivity contribution in [1.82, 2.24) is 9.29 Å². The van der Waals surface area contributed by atoms with Crippen molar-refractivity contribution in [2.75, 3.05) is 33.5 Å². The summed E-state index contributed by atoms with van der Waals surface area (Å²) in [4.78, 5) is 21.3. The number of pyridine rings is 1. The highest BCUT2D eigenvalue weighted by molar-refractivity contribution is 7.89. The van der Waals surface area contributed by atoms with Gasteiger partial charge in [-0.2, -0.15) is 4.31 Å². The quantitative estimate of drug-likeness (QED) is 0.0377. The summed E-state index contributed by atoms with van der Waals surface area (Å²) < 4.78 is 52.8. The number of aromatic nitrogens is 1. The Morgan fingerprint density at radius 2 is 1.79 bits per heavy atom. The highest BCUT2D eigenvalue weighted by atomic mass is 32.2. The van der Waals surface area contributed by atoms with E-state index in [1.807, 2.05) is 25.1 Å². The standard InChI is InChI=1S/C46H54N4O10S/c1-4-23-49(61(55,56)41-19-10-14-31-15-12-22-47-45(31)41)42-30-39(48-57-3)37-27-32(13-6-8-24-51)36(18-7-9-25-52)43-38-29-35(59-34-17-11-16-33(28-34)50(53)54)20-21-40(38)60-46(42,44(37)43)58-26-5-2/h5,10-12,14-17,19-22,27-29,32,36,42-44,51-52H,2,4,6-9,13,18,23-26,30H2,1,3H3. The second-order valence-electron chi connectivity index (χ2n) is 15.8. The first-order valence-corrected chi connectivity index (χ1v) is 22.4. The summed E-state index contributed by atoms with van der Waals surface area (Å²) in [6, 6.07) is 19.2. The summed E-state index contributed by atoms with van der Waals surface area (Å²) in [6.45, 7) is 6.17. The molecule has 0 amide bonds. The number of sulfonamides is 1. The molecule has 0 radical (unpaired) electrons. The summed E-state index contributed by atoms with van der Waals surface area (Å²) in [6.07, 6.45) is 10.2. The molecule has 0 spiro atoms. The number of hydrogen-bond acceptors (Lipinski definition) is 12. The normalized spacial score (nSPS) is 23.8. The maximum absolute atomic E-state index is 15.4. The van der Waals surface area contributed by atoms with Gasteiger partial charge in [-0.3, -0.25) is 15.1 Å². The van der Waals surface area contributed by atoms with E-state index >= 15 is 8.42 Å². The van der Waals surface area contributed by atoms with Gasteiger partial charge in [0.15, 0.2) is 0 Å². The third-order valence-electron chi connectivity index (χ3n) is 12.1. The van der Waals surface area contributed by atoms with E-state index in [2.05, 4.69) is 22.8 Å². The molecule has 7 rings (SSSR count). The average Bonchev–Trinajstić information content (AvgIpc) is 3.26. The van der Waals surface area contributed by atoms with Crippen molar-refractivity contribution in [3.63, 3.8) is 0 Å². The number of aliphatic hydroxyl groups excluding tert-OH is 2. The average molecular weight is 855 g/mol. The number of benzene rings is 3. The molecule has 1 fully saturated rings. The topological polar surface area (TPSA) is 183 Å². The molecular formula is C46H54N4O10S. The highest BCUT2D eigenvalue weighted by Gasteiger charge is 2.66. The molecule has 61 heavy (non-hydrogen) atoms. The zero-order chi connectivity index (χ0) is 43.1. The van der Waals surface area contributed by atoms with Crippen molar-refractivity contribution in [2.45, 2.75) is 80.9 Å². The van der Waals surface area contributed by atoms with Gasteiger partial charge in [0, 0.05) is 55.3 Å². The van der Waals surface area contributed by atoms with E-state index < -0.39 is 32.7 Å². The molecule has 14 nitrogen and oxygen atoms in total. The SMILES string of the molecule is C=CCOC12Oc3ccc(Oc4cccc([N+](=O)[O-])c4)cc3C3C(CCCCO)C(CCCCO)C=C(C(=NOC)CC1N(CCC)S(=O)(=O)c1cccc4cccnc14)C32. The summed E-state index contributed by atoms with van der Waals surface area (Å²) in [5.41, 5.74) is 2.45. The molecule has 1 aromatic heterocycles. The lowest BCUT2D eigenvalue weighted by Crippen LogP contribution is -2.70. The zero-order valence-corrected chi connectivity index (χ0v) is 35.4. The van der Waals surface area contributed by atoms with Crippen molar-refractivity contribution in [3.05, 3.63) is 119 Å². The van der Waals surface area contributed by atoms with Crippen LogP contribution in [0.1, 0.15) is 69.8 Å². The molecule has 2 aliphatic carbocycles. The van der Waals surface area contributed by atoms with Crippen LogP contribution in [0.4, 0.5) is 5.69 Å². The van der Waals surface area contributed by atoms with Crippen LogP contribution in [-0.4, -0.2) is 83.9 Å². The Bertz CT molecular complexity index is 2380. The summed E-state index contributed by atoms with van der Waals surface area (Å²) in [5, 5.41) is 36.7. The van der Waals surface area contributed by atoms with Crippen molar-refractivity contribution < 1.29 is 42.6 Å². The molecule has 6 atom stereocenters. The molecule has 324 valence electrons. The lowest BCUT2D eigenvalue weighted by atomic mass is 9.55. The third-order valence-corrected chi connectivity index (χ3v) is 14.0. The molecule has 2 heterocycles. The van der Waals surface area contributed by atoms with Crippen LogP contribution in [0.15, 0.2) is 113 Å². The molecule has 2 N–H and O–H groups in total. The number of para-hydroxylation sites is 1. The largest absolute Gasteiger partial charge is 0.460 e. The summed E-state index contributed by atoms with van der Waals surface area (Å²) in [7, 11) is -2.83. The van der Waals surface area contributed by atoms with Gasteiger partial charge < -0.3 is 29.3 Å². The number of unbranched alkanes of at least 4 members (excludes halogenated alkanes) is 2. The molecule has 4 aromatic rings. The van der Waals surface area contributed by atoms with E-state index in [4.69, 9.17) is 19.0 Å². The van der Waals surface area contributed by atoms with E-state index in [0.29, 0.717) is 53.8 Å². The fourth-order valence-corrected chi connectivity index (χ4v) is 11.6. The van der Waals surface area contributed by atoms with Gasteiger partial charge in [0.05, 0.1) is 40.8 Å². The predicted octanol–water partition coefficient (Wildman–Crippen LogP) is 8.30. The third kappa shape index (κ3) is 8.67. The molecule has 0 saturated heterocycles.